The molecule has 1 aliphatic rings. The third-order valence-electron chi connectivity index (χ3n) is 5.86. The summed E-state index contributed by atoms with van der Waals surface area (Å²) in [5, 5.41) is 2.81. The van der Waals surface area contributed by atoms with Crippen LogP contribution in [0.25, 0.3) is 0 Å². The zero-order valence-electron chi connectivity index (χ0n) is 18.5. The molecule has 1 aliphatic heterocycles. The number of piperazine rings is 1. The van der Waals surface area contributed by atoms with Gasteiger partial charge in [0.25, 0.3) is 5.91 Å². The molecular weight excluding hydrogens is 452 g/mol. The quantitative estimate of drug-likeness (QED) is 0.662. The van der Waals surface area contributed by atoms with E-state index in [4.69, 9.17) is 0 Å². The molecule has 10 heteroatoms. The van der Waals surface area contributed by atoms with Gasteiger partial charge in [-0.25, -0.2) is 17.2 Å². The molecule has 0 aliphatic carbocycles. The smallest absolute Gasteiger partial charge is 0.251 e. The predicted molar refractivity (Wildman–Crippen MR) is 119 cm³/mol. The molecule has 1 saturated heterocycles. The molecule has 178 valence electrons. The number of benzene rings is 2. The van der Waals surface area contributed by atoms with Crippen LogP contribution >= 0.6 is 0 Å². The summed E-state index contributed by atoms with van der Waals surface area (Å²) in [6, 6.07) is 10.1. The standard InChI is InChI=1S/C23H27F2N3O4S/c1-3-16(2)21(26-22(29)17-7-5-4-6-8-17)23(30)27-11-13-28(14-12-27)33(31,32)20-10-9-18(24)15-19(20)25/h4-10,15-16,21H,3,11-14H2,1-2H3,(H,26,29)/t16-,21-/m0/s1. The van der Waals surface area contributed by atoms with E-state index < -0.39 is 32.6 Å². The fourth-order valence-corrected chi connectivity index (χ4v) is 5.13. The van der Waals surface area contributed by atoms with E-state index in [1.807, 2.05) is 13.8 Å². The molecule has 0 unspecified atom stereocenters. The van der Waals surface area contributed by atoms with Gasteiger partial charge in [0.1, 0.15) is 22.6 Å². The van der Waals surface area contributed by atoms with Crippen LogP contribution in [0.5, 0.6) is 0 Å². The molecular formula is C23H27F2N3O4S. The minimum absolute atomic E-state index is 0.0370. The Balaban J connectivity index is 1.69. The van der Waals surface area contributed by atoms with Gasteiger partial charge in [-0.15, -0.1) is 0 Å². The Morgan fingerprint density at radius 1 is 1.03 bits per heavy atom. The highest BCUT2D eigenvalue weighted by atomic mass is 32.2. The monoisotopic (exact) mass is 479 g/mol. The van der Waals surface area contributed by atoms with Crippen molar-refractivity contribution in [2.24, 2.45) is 5.92 Å². The van der Waals surface area contributed by atoms with E-state index in [9.17, 15) is 26.8 Å². The SMILES string of the molecule is CC[C@H](C)[C@H](NC(=O)c1ccccc1)C(=O)N1CCN(S(=O)(=O)c2ccc(F)cc2F)CC1. The van der Waals surface area contributed by atoms with Gasteiger partial charge in [0, 0.05) is 37.8 Å². The number of hydrogen-bond acceptors (Lipinski definition) is 4. The van der Waals surface area contributed by atoms with Gasteiger partial charge in [-0.05, 0) is 30.2 Å². The van der Waals surface area contributed by atoms with Crippen LogP contribution in [0.15, 0.2) is 53.4 Å². The number of rotatable bonds is 7. The van der Waals surface area contributed by atoms with E-state index in [2.05, 4.69) is 5.32 Å². The van der Waals surface area contributed by atoms with Crippen molar-refractivity contribution in [3.05, 3.63) is 65.7 Å². The minimum atomic E-state index is -4.17. The van der Waals surface area contributed by atoms with E-state index in [0.29, 0.717) is 18.1 Å². The lowest BCUT2D eigenvalue weighted by Gasteiger charge is -2.37. The lowest BCUT2D eigenvalue weighted by Crippen LogP contribution is -2.57. The van der Waals surface area contributed by atoms with Crippen LogP contribution < -0.4 is 5.32 Å². The van der Waals surface area contributed by atoms with Gasteiger partial charge in [-0.2, -0.15) is 4.31 Å². The van der Waals surface area contributed by atoms with Crippen molar-refractivity contribution in [1.29, 1.82) is 0 Å². The predicted octanol–water partition coefficient (Wildman–Crippen LogP) is 2.64. The van der Waals surface area contributed by atoms with Gasteiger partial charge in [0.05, 0.1) is 0 Å². The van der Waals surface area contributed by atoms with Gasteiger partial charge in [-0.1, -0.05) is 38.5 Å². The maximum atomic E-state index is 14.1. The minimum Gasteiger partial charge on any atom is -0.340 e. The van der Waals surface area contributed by atoms with Crippen LogP contribution in [0.4, 0.5) is 8.78 Å². The normalized spacial score (nSPS) is 16.8. The van der Waals surface area contributed by atoms with Crippen LogP contribution in [0.2, 0.25) is 0 Å². The third-order valence-corrected chi connectivity index (χ3v) is 7.80. The van der Waals surface area contributed by atoms with Gasteiger partial charge in [0.15, 0.2) is 0 Å². The summed E-state index contributed by atoms with van der Waals surface area (Å²) in [7, 11) is -4.17. The van der Waals surface area contributed by atoms with E-state index in [-0.39, 0.29) is 43.9 Å². The molecule has 7 nitrogen and oxygen atoms in total. The summed E-state index contributed by atoms with van der Waals surface area (Å²) in [6.07, 6.45) is 0.656. The van der Waals surface area contributed by atoms with Gasteiger partial charge in [0.2, 0.25) is 15.9 Å². The zero-order chi connectivity index (χ0) is 24.2. The van der Waals surface area contributed by atoms with Gasteiger partial charge < -0.3 is 10.2 Å². The number of carbonyl (C=O) groups is 2. The summed E-state index contributed by atoms with van der Waals surface area (Å²) in [4.78, 5) is 26.8. The molecule has 1 fully saturated rings. The topological polar surface area (TPSA) is 86.8 Å². The van der Waals surface area contributed by atoms with E-state index >= 15 is 0 Å². The fourth-order valence-electron chi connectivity index (χ4n) is 3.67. The van der Waals surface area contributed by atoms with Crippen molar-refractivity contribution >= 4 is 21.8 Å². The molecule has 2 atom stereocenters. The zero-order valence-corrected chi connectivity index (χ0v) is 19.3. The molecule has 0 spiro atoms. The van der Waals surface area contributed by atoms with E-state index in [0.717, 1.165) is 16.4 Å². The van der Waals surface area contributed by atoms with Crippen LogP contribution in [0, 0.1) is 17.6 Å². The first-order chi connectivity index (χ1) is 15.6. The number of halogens is 2. The first-order valence-corrected chi connectivity index (χ1v) is 12.2. The first kappa shape index (κ1) is 24.8. The molecule has 0 saturated carbocycles. The van der Waals surface area contributed by atoms with Crippen molar-refractivity contribution in [3.63, 3.8) is 0 Å². The Bertz CT molecular complexity index is 1100. The Morgan fingerprint density at radius 3 is 2.24 bits per heavy atom. The third kappa shape index (κ3) is 5.56. The lowest BCUT2D eigenvalue weighted by atomic mass is 9.97. The molecule has 1 heterocycles. The summed E-state index contributed by atoms with van der Waals surface area (Å²) in [5.41, 5.74) is 0.441. The maximum Gasteiger partial charge on any atom is 0.251 e. The average Bonchev–Trinajstić information content (AvgIpc) is 2.81. The molecule has 2 aromatic carbocycles. The van der Waals surface area contributed by atoms with Crippen LogP contribution in [-0.4, -0.2) is 61.7 Å². The molecule has 0 bridgehead atoms. The second kappa shape index (κ2) is 10.4. The summed E-state index contributed by atoms with van der Waals surface area (Å²) >= 11 is 0. The molecule has 3 rings (SSSR count). The van der Waals surface area contributed by atoms with Gasteiger partial charge in [-0.3, -0.25) is 9.59 Å². The highest BCUT2D eigenvalue weighted by Crippen LogP contribution is 2.22. The van der Waals surface area contributed by atoms with Crippen LogP contribution in [-0.2, 0) is 14.8 Å². The highest BCUT2D eigenvalue weighted by Gasteiger charge is 2.35. The summed E-state index contributed by atoms with van der Waals surface area (Å²) in [6.45, 7) is 3.90. The number of sulfonamides is 1. The van der Waals surface area contributed by atoms with Crippen molar-refractivity contribution < 1.29 is 26.8 Å². The second-order valence-electron chi connectivity index (χ2n) is 8.01. The number of carbonyl (C=O) groups excluding carboxylic acids is 2. The molecule has 33 heavy (non-hydrogen) atoms. The largest absolute Gasteiger partial charge is 0.340 e. The van der Waals surface area contributed by atoms with Crippen molar-refractivity contribution in [3.8, 4) is 0 Å². The molecule has 2 aromatic rings. The van der Waals surface area contributed by atoms with Crippen molar-refractivity contribution in [2.45, 2.75) is 31.2 Å². The average molecular weight is 480 g/mol. The van der Waals surface area contributed by atoms with Crippen molar-refractivity contribution in [2.75, 3.05) is 26.2 Å². The molecule has 2 amide bonds. The number of amides is 2. The summed E-state index contributed by atoms with van der Waals surface area (Å²) < 4.78 is 53.9. The Hall–Kier alpha value is -2.85. The Kier molecular flexibility index (Phi) is 7.80. The Morgan fingerprint density at radius 2 is 1.67 bits per heavy atom. The summed E-state index contributed by atoms with van der Waals surface area (Å²) in [5.74, 6) is -2.81. The van der Waals surface area contributed by atoms with Crippen molar-refractivity contribution in [1.82, 2.24) is 14.5 Å². The highest BCUT2D eigenvalue weighted by molar-refractivity contribution is 7.89. The number of nitrogens with zero attached hydrogens (tertiary/aromatic N) is 2. The molecule has 1 N–H and O–H groups in total. The molecule has 0 aromatic heterocycles. The van der Waals surface area contributed by atoms with E-state index in [1.165, 1.54) is 4.90 Å². The van der Waals surface area contributed by atoms with Gasteiger partial charge >= 0.3 is 0 Å². The first-order valence-electron chi connectivity index (χ1n) is 10.7. The Labute approximate surface area is 192 Å². The fraction of sp³-hybridized carbons (Fsp3) is 0.391. The lowest BCUT2D eigenvalue weighted by molar-refractivity contribution is -0.135. The van der Waals surface area contributed by atoms with Crippen LogP contribution in [0.1, 0.15) is 30.6 Å². The molecule has 0 radical (unpaired) electrons. The number of nitrogens with one attached hydrogen (secondary N) is 1. The van der Waals surface area contributed by atoms with E-state index in [1.54, 1.807) is 30.3 Å². The number of hydrogen-bond donors (Lipinski definition) is 1. The van der Waals surface area contributed by atoms with Crippen LogP contribution in [0.3, 0.4) is 0 Å². The second-order valence-corrected chi connectivity index (χ2v) is 9.91. The maximum absolute atomic E-state index is 14.1.